The van der Waals surface area contributed by atoms with Crippen LogP contribution in [0.25, 0.3) is 22.4 Å². The Labute approximate surface area is 144 Å². The summed E-state index contributed by atoms with van der Waals surface area (Å²) in [5, 5.41) is 11.3. The zero-order valence-electron chi connectivity index (χ0n) is 13.4. The van der Waals surface area contributed by atoms with E-state index < -0.39 is 12.6 Å². The number of thiazole rings is 1. The lowest BCUT2D eigenvalue weighted by Crippen LogP contribution is -2.28. The van der Waals surface area contributed by atoms with E-state index in [0.29, 0.717) is 5.75 Å². The minimum absolute atomic E-state index is 0.445. The van der Waals surface area contributed by atoms with Gasteiger partial charge in [-0.05, 0) is 60.9 Å². The highest BCUT2D eigenvalue weighted by atomic mass is 32.1. The average molecular weight is 338 g/mol. The molecule has 3 aromatic rings. The van der Waals surface area contributed by atoms with Crippen LogP contribution >= 0.6 is 11.3 Å². The molecule has 0 N–H and O–H groups in total. The summed E-state index contributed by atoms with van der Waals surface area (Å²) in [5.41, 5.74) is 4.53. The number of benzene rings is 2. The Morgan fingerprint density at radius 2 is 1.88 bits per heavy atom. The number of hydrogen-bond acceptors (Lipinski definition) is 5. The normalized spacial score (nSPS) is 11.2. The smallest absolute Gasteiger partial charge is 0.128 e. The maximum atomic E-state index is 10.4. The lowest BCUT2D eigenvalue weighted by Gasteiger charge is -2.06. The molecular formula is C19H16NO3S-. The Bertz CT molecular complexity index is 871. The molecule has 4 nitrogen and oxygen atoms in total. The van der Waals surface area contributed by atoms with Crippen LogP contribution < -0.4 is 9.84 Å². The van der Waals surface area contributed by atoms with Gasteiger partial charge in [-0.25, -0.2) is 4.98 Å². The SMILES string of the molecule is Cc1cc2nc(/C=C/c3ccc(OCC(=O)[O-])cc3)sc2cc1C. The van der Waals surface area contributed by atoms with Crippen molar-refractivity contribution in [1.29, 1.82) is 0 Å². The Hall–Kier alpha value is -2.66. The lowest BCUT2D eigenvalue weighted by molar-refractivity contribution is -0.307. The van der Waals surface area contributed by atoms with E-state index in [1.165, 1.54) is 15.8 Å². The molecule has 0 fully saturated rings. The molecule has 0 aliphatic rings. The number of carboxylic acid groups (broad SMARTS) is 1. The number of fused-ring (bicyclic) bond motifs is 1. The molecule has 0 radical (unpaired) electrons. The summed E-state index contributed by atoms with van der Waals surface area (Å²) < 4.78 is 6.24. The van der Waals surface area contributed by atoms with Crippen molar-refractivity contribution in [2.24, 2.45) is 0 Å². The van der Waals surface area contributed by atoms with E-state index in [1.807, 2.05) is 24.3 Å². The van der Waals surface area contributed by atoms with E-state index in [9.17, 15) is 9.90 Å². The third kappa shape index (κ3) is 3.81. The van der Waals surface area contributed by atoms with Gasteiger partial charge in [-0.15, -0.1) is 11.3 Å². The molecule has 1 aromatic heterocycles. The third-order valence-corrected chi connectivity index (χ3v) is 4.66. The van der Waals surface area contributed by atoms with Crippen LogP contribution in [0.1, 0.15) is 21.7 Å². The molecule has 0 unspecified atom stereocenters. The minimum Gasteiger partial charge on any atom is -0.546 e. The molecule has 24 heavy (non-hydrogen) atoms. The van der Waals surface area contributed by atoms with Gasteiger partial charge >= 0.3 is 0 Å². The number of aryl methyl sites for hydroxylation is 2. The highest BCUT2D eigenvalue weighted by Crippen LogP contribution is 2.26. The number of aliphatic carboxylic acids is 1. The molecule has 1 heterocycles. The van der Waals surface area contributed by atoms with E-state index in [2.05, 4.69) is 31.0 Å². The minimum atomic E-state index is -1.24. The predicted molar refractivity (Wildman–Crippen MR) is 95.0 cm³/mol. The Morgan fingerprint density at radius 1 is 1.17 bits per heavy atom. The van der Waals surface area contributed by atoms with Crippen LogP contribution in [-0.4, -0.2) is 17.6 Å². The first-order valence-electron chi connectivity index (χ1n) is 7.50. The second-order valence-corrected chi connectivity index (χ2v) is 6.58. The van der Waals surface area contributed by atoms with Crippen LogP contribution in [0.3, 0.4) is 0 Å². The van der Waals surface area contributed by atoms with Crippen LogP contribution in [0.4, 0.5) is 0 Å². The van der Waals surface area contributed by atoms with Gasteiger partial charge in [0.2, 0.25) is 0 Å². The summed E-state index contributed by atoms with van der Waals surface area (Å²) >= 11 is 1.66. The number of carbonyl (C=O) groups excluding carboxylic acids is 1. The number of carbonyl (C=O) groups is 1. The fraction of sp³-hybridized carbons (Fsp3) is 0.158. The van der Waals surface area contributed by atoms with Gasteiger partial charge in [0, 0.05) is 0 Å². The third-order valence-electron chi connectivity index (χ3n) is 3.68. The van der Waals surface area contributed by atoms with E-state index in [1.54, 1.807) is 23.5 Å². The maximum absolute atomic E-state index is 10.4. The first-order valence-corrected chi connectivity index (χ1v) is 8.31. The van der Waals surface area contributed by atoms with Crippen molar-refractivity contribution >= 4 is 39.7 Å². The van der Waals surface area contributed by atoms with Gasteiger partial charge in [0.25, 0.3) is 0 Å². The summed E-state index contributed by atoms with van der Waals surface area (Å²) in [6, 6.07) is 11.5. The van der Waals surface area contributed by atoms with E-state index in [-0.39, 0.29) is 0 Å². The predicted octanol–water partition coefficient (Wildman–Crippen LogP) is 3.21. The summed E-state index contributed by atoms with van der Waals surface area (Å²) in [5.74, 6) is -0.734. The number of hydrogen-bond donors (Lipinski definition) is 0. The maximum Gasteiger partial charge on any atom is 0.128 e. The fourth-order valence-electron chi connectivity index (χ4n) is 2.25. The molecule has 5 heteroatoms. The number of rotatable bonds is 5. The number of nitrogens with zero attached hydrogens (tertiary/aromatic N) is 1. The zero-order valence-corrected chi connectivity index (χ0v) is 14.2. The van der Waals surface area contributed by atoms with Gasteiger partial charge in [-0.3, -0.25) is 0 Å². The Balaban J connectivity index is 1.74. The molecule has 3 rings (SSSR count). The Kier molecular flexibility index (Phi) is 4.62. The van der Waals surface area contributed by atoms with Crippen LogP contribution in [-0.2, 0) is 4.79 Å². The molecule has 0 spiro atoms. The number of aromatic nitrogens is 1. The molecule has 2 aromatic carbocycles. The van der Waals surface area contributed by atoms with Crippen LogP contribution in [0.2, 0.25) is 0 Å². The molecular weight excluding hydrogens is 322 g/mol. The molecule has 0 aliphatic carbocycles. The van der Waals surface area contributed by atoms with Gasteiger partial charge in [-0.1, -0.05) is 18.2 Å². The van der Waals surface area contributed by atoms with Crippen molar-refractivity contribution in [1.82, 2.24) is 4.98 Å². The van der Waals surface area contributed by atoms with Crippen LogP contribution in [0.15, 0.2) is 36.4 Å². The highest BCUT2D eigenvalue weighted by Gasteiger charge is 2.03. The van der Waals surface area contributed by atoms with Crippen LogP contribution in [0.5, 0.6) is 5.75 Å². The monoisotopic (exact) mass is 338 g/mol. The average Bonchev–Trinajstić information content (AvgIpc) is 2.94. The van der Waals surface area contributed by atoms with Gasteiger partial charge in [0.05, 0.1) is 16.2 Å². The molecule has 0 bridgehead atoms. The molecule has 0 amide bonds. The van der Waals surface area contributed by atoms with Crippen molar-refractivity contribution in [2.75, 3.05) is 6.61 Å². The Morgan fingerprint density at radius 3 is 2.58 bits per heavy atom. The van der Waals surface area contributed by atoms with E-state index >= 15 is 0 Å². The standard InChI is InChI=1S/C19H17NO3S/c1-12-9-16-17(10-13(12)2)24-18(20-16)8-5-14-3-6-15(7-4-14)23-11-19(21)22/h3-10H,11H2,1-2H3,(H,21,22)/p-1/b8-5+. The first-order chi connectivity index (χ1) is 11.5. The van der Waals surface area contributed by atoms with E-state index in [0.717, 1.165) is 16.1 Å². The summed E-state index contributed by atoms with van der Waals surface area (Å²) in [7, 11) is 0. The van der Waals surface area contributed by atoms with Gasteiger partial charge in [0.15, 0.2) is 0 Å². The van der Waals surface area contributed by atoms with Crippen molar-refractivity contribution < 1.29 is 14.6 Å². The van der Waals surface area contributed by atoms with Crippen molar-refractivity contribution in [2.45, 2.75) is 13.8 Å². The molecule has 0 saturated heterocycles. The van der Waals surface area contributed by atoms with Crippen molar-refractivity contribution in [3.8, 4) is 5.75 Å². The highest BCUT2D eigenvalue weighted by molar-refractivity contribution is 7.19. The zero-order chi connectivity index (χ0) is 17.1. The van der Waals surface area contributed by atoms with Gasteiger partial charge < -0.3 is 14.6 Å². The molecule has 0 atom stereocenters. The van der Waals surface area contributed by atoms with Crippen molar-refractivity contribution in [3.63, 3.8) is 0 Å². The summed E-state index contributed by atoms with van der Waals surface area (Å²) in [6.45, 7) is 3.75. The fourth-order valence-corrected chi connectivity index (χ4v) is 3.20. The summed E-state index contributed by atoms with van der Waals surface area (Å²) in [4.78, 5) is 15.0. The van der Waals surface area contributed by atoms with Crippen molar-refractivity contribution in [3.05, 3.63) is 58.1 Å². The van der Waals surface area contributed by atoms with Gasteiger partial charge in [-0.2, -0.15) is 0 Å². The largest absolute Gasteiger partial charge is 0.546 e. The second-order valence-electron chi connectivity index (χ2n) is 5.52. The molecule has 0 aliphatic heterocycles. The second kappa shape index (κ2) is 6.84. The summed E-state index contributed by atoms with van der Waals surface area (Å²) in [6.07, 6.45) is 3.95. The topological polar surface area (TPSA) is 62.2 Å². The number of carboxylic acids is 1. The number of ether oxygens (including phenoxy) is 1. The van der Waals surface area contributed by atoms with E-state index in [4.69, 9.17) is 4.74 Å². The molecule has 122 valence electrons. The van der Waals surface area contributed by atoms with Gasteiger partial charge in [0.1, 0.15) is 17.4 Å². The lowest BCUT2D eigenvalue weighted by atomic mass is 10.1. The van der Waals surface area contributed by atoms with Crippen LogP contribution in [0, 0.1) is 13.8 Å². The molecule has 0 saturated carbocycles. The first kappa shape index (κ1) is 16.2. The quantitative estimate of drug-likeness (QED) is 0.717.